The normalized spacial score (nSPS) is 13.2. The van der Waals surface area contributed by atoms with Crippen molar-refractivity contribution in [1.29, 1.82) is 0 Å². The van der Waals surface area contributed by atoms with E-state index in [1.807, 2.05) is 20.8 Å². The predicted octanol–water partition coefficient (Wildman–Crippen LogP) is 3.09. The molecule has 0 saturated heterocycles. The molecule has 0 amide bonds. The van der Waals surface area contributed by atoms with E-state index in [1.54, 1.807) is 19.1 Å². The minimum atomic E-state index is -0.618. The summed E-state index contributed by atoms with van der Waals surface area (Å²) in [6.45, 7) is 9.23. The van der Waals surface area contributed by atoms with E-state index in [9.17, 15) is 9.59 Å². The summed E-state index contributed by atoms with van der Waals surface area (Å²) in [7, 11) is 0. The van der Waals surface area contributed by atoms with E-state index in [2.05, 4.69) is 0 Å². The number of carbonyl (C=O) groups is 2. The second kappa shape index (κ2) is 6.32. The third-order valence-electron chi connectivity index (χ3n) is 3.10. The van der Waals surface area contributed by atoms with Crippen LogP contribution in [0, 0.1) is 0 Å². The number of carbonyl (C=O) groups excluding carboxylic acids is 2. The van der Waals surface area contributed by atoms with Crippen molar-refractivity contribution in [2.75, 3.05) is 6.61 Å². The molecule has 2 rings (SSSR count). The van der Waals surface area contributed by atoms with Crippen LogP contribution in [0.3, 0.4) is 0 Å². The van der Waals surface area contributed by atoms with Gasteiger partial charge in [-0.2, -0.15) is 0 Å². The van der Waals surface area contributed by atoms with Gasteiger partial charge in [0, 0.05) is 18.6 Å². The highest BCUT2D eigenvalue weighted by atomic mass is 16.6. The molecule has 0 radical (unpaired) electrons. The molecule has 23 heavy (non-hydrogen) atoms. The van der Waals surface area contributed by atoms with E-state index in [1.165, 1.54) is 13.2 Å². The first-order chi connectivity index (χ1) is 10.7. The van der Waals surface area contributed by atoms with Crippen LogP contribution in [0.15, 0.2) is 24.2 Å². The van der Waals surface area contributed by atoms with Crippen molar-refractivity contribution in [2.45, 2.75) is 40.0 Å². The van der Waals surface area contributed by atoms with E-state index in [-0.39, 0.29) is 17.8 Å². The molecule has 1 aromatic rings. The van der Waals surface area contributed by atoms with Crippen LogP contribution in [0.25, 0.3) is 0 Å². The zero-order valence-corrected chi connectivity index (χ0v) is 13.9. The molecule has 0 saturated carbocycles. The van der Waals surface area contributed by atoms with Gasteiger partial charge in [-0.25, -0.2) is 4.79 Å². The number of hydrogen-bond donors (Lipinski definition) is 0. The van der Waals surface area contributed by atoms with E-state index >= 15 is 0 Å². The van der Waals surface area contributed by atoms with Crippen LogP contribution in [0.2, 0.25) is 0 Å². The van der Waals surface area contributed by atoms with Gasteiger partial charge in [0.25, 0.3) is 0 Å². The van der Waals surface area contributed by atoms with Gasteiger partial charge in [-0.3, -0.25) is 4.79 Å². The molecule has 1 aliphatic heterocycles. The van der Waals surface area contributed by atoms with E-state index < -0.39 is 11.9 Å². The summed E-state index contributed by atoms with van der Waals surface area (Å²) in [5.41, 5.74) is 0.525. The number of esters is 2. The van der Waals surface area contributed by atoms with Crippen molar-refractivity contribution >= 4 is 11.9 Å². The summed E-state index contributed by atoms with van der Waals surface area (Å²) in [5.74, 6) is -0.00630. The topological polar surface area (TPSA) is 71.1 Å². The zero-order chi connectivity index (χ0) is 17.2. The maximum absolute atomic E-state index is 11.7. The molecule has 0 bridgehead atoms. The average Bonchev–Trinajstić information content (AvgIpc) is 2.44. The Labute approximate surface area is 135 Å². The van der Waals surface area contributed by atoms with E-state index in [0.29, 0.717) is 17.2 Å². The lowest BCUT2D eigenvalue weighted by Gasteiger charge is -2.25. The average molecular weight is 320 g/mol. The van der Waals surface area contributed by atoms with Crippen molar-refractivity contribution in [2.24, 2.45) is 0 Å². The molecule has 0 N–H and O–H groups in total. The number of benzene rings is 1. The molecule has 0 atom stereocenters. The fraction of sp³-hybridized carbons (Fsp3) is 0.412. The van der Waals surface area contributed by atoms with Crippen LogP contribution in [0.4, 0.5) is 0 Å². The van der Waals surface area contributed by atoms with Crippen LogP contribution in [-0.4, -0.2) is 18.5 Å². The van der Waals surface area contributed by atoms with Crippen LogP contribution < -0.4 is 14.2 Å². The molecule has 0 spiro atoms. The summed E-state index contributed by atoms with van der Waals surface area (Å²) in [4.78, 5) is 23.1. The number of hydrogen-bond acceptors (Lipinski definition) is 6. The summed E-state index contributed by atoms with van der Waals surface area (Å²) < 4.78 is 21.1. The summed E-state index contributed by atoms with van der Waals surface area (Å²) >= 11 is 0. The Bertz CT molecular complexity index is 666. The van der Waals surface area contributed by atoms with Crippen molar-refractivity contribution in [3.63, 3.8) is 0 Å². The van der Waals surface area contributed by atoms with Crippen LogP contribution in [0.1, 0.15) is 40.2 Å². The molecule has 1 aliphatic rings. The van der Waals surface area contributed by atoms with Gasteiger partial charge in [-0.1, -0.05) is 20.8 Å². The smallest absolute Gasteiger partial charge is 0.377 e. The first-order valence-corrected chi connectivity index (χ1v) is 7.31. The third-order valence-corrected chi connectivity index (χ3v) is 3.10. The molecule has 0 aliphatic carbocycles. The molecule has 6 nitrogen and oxygen atoms in total. The Kier molecular flexibility index (Phi) is 4.63. The summed E-state index contributed by atoms with van der Waals surface area (Å²) in [5, 5.41) is 0. The van der Waals surface area contributed by atoms with Gasteiger partial charge in [0.15, 0.2) is 11.5 Å². The molecule has 6 heteroatoms. The molecular weight excluding hydrogens is 300 g/mol. The monoisotopic (exact) mass is 320 g/mol. The predicted molar refractivity (Wildman–Crippen MR) is 82.4 cm³/mol. The Morgan fingerprint density at radius 1 is 1.17 bits per heavy atom. The number of rotatable bonds is 3. The maximum atomic E-state index is 11.7. The lowest BCUT2D eigenvalue weighted by molar-refractivity contribution is -0.141. The van der Waals surface area contributed by atoms with Crippen molar-refractivity contribution in [3.05, 3.63) is 29.7 Å². The highest BCUT2D eigenvalue weighted by Crippen LogP contribution is 2.42. The molecule has 1 aromatic carbocycles. The van der Waals surface area contributed by atoms with Crippen LogP contribution >= 0.6 is 0 Å². The fourth-order valence-corrected chi connectivity index (χ4v) is 2.09. The molecule has 124 valence electrons. The molecule has 1 heterocycles. The van der Waals surface area contributed by atoms with Crippen molar-refractivity contribution in [3.8, 4) is 17.2 Å². The Morgan fingerprint density at radius 2 is 1.87 bits per heavy atom. The summed E-state index contributed by atoms with van der Waals surface area (Å²) in [6, 6.07) is 3.29. The third kappa shape index (κ3) is 3.83. The highest BCUT2D eigenvalue weighted by Gasteiger charge is 2.27. The van der Waals surface area contributed by atoms with Gasteiger partial charge in [0.2, 0.25) is 5.76 Å². The zero-order valence-electron chi connectivity index (χ0n) is 13.9. The molecular formula is C17H20O6. The van der Waals surface area contributed by atoms with E-state index in [0.717, 1.165) is 5.56 Å². The first-order valence-electron chi connectivity index (χ1n) is 7.31. The first kappa shape index (κ1) is 16.9. The lowest BCUT2D eigenvalue weighted by atomic mass is 9.86. The van der Waals surface area contributed by atoms with E-state index in [4.69, 9.17) is 18.9 Å². The van der Waals surface area contributed by atoms with Crippen LogP contribution in [-0.2, 0) is 19.7 Å². The second-order valence-corrected chi connectivity index (χ2v) is 6.06. The maximum Gasteiger partial charge on any atom is 0.377 e. The van der Waals surface area contributed by atoms with Crippen LogP contribution in [0.5, 0.6) is 17.2 Å². The summed E-state index contributed by atoms with van der Waals surface area (Å²) in [6.07, 6.45) is 1.21. The van der Waals surface area contributed by atoms with Gasteiger partial charge in [-0.05, 0) is 18.4 Å². The van der Waals surface area contributed by atoms with Gasteiger partial charge in [0.1, 0.15) is 12.0 Å². The van der Waals surface area contributed by atoms with Gasteiger partial charge in [0.05, 0.1) is 6.61 Å². The minimum Gasteiger partial charge on any atom is -0.460 e. The highest BCUT2D eigenvalue weighted by molar-refractivity contribution is 5.87. The minimum absolute atomic E-state index is 0.0587. The largest absolute Gasteiger partial charge is 0.460 e. The fourth-order valence-electron chi connectivity index (χ4n) is 2.09. The second-order valence-electron chi connectivity index (χ2n) is 6.06. The van der Waals surface area contributed by atoms with Gasteiger partial charge >= 0.3 is 11.9 Å². The standard InChI is InChI=1S/C17H20O6/c1-6-20-16(19)15-9-21-13-7-11(17(3,4)5)12(22-10(2)18)8-14(13)23-15/h7-9H,6H2,1-5H3. The molecule has 0 aromatic heterocycles. The Hall–Kier alpha value is -2.50. The number of ether oxygens (including phenoxy) is 4. The van der Waals surface area contributed by atoms with Crippen molar-refractivity contribution < 1.29 is 28.5 Å². The molecule has 0 unspecified atom stereocenters. The quantitative estimate of drug-likeness (QED) is 0.629. The Morgan fingerprint density at radius 3 is 2.43 bits per heavy atom. The van der Waals surface area contributed by atoms with Gasteiger partial charge in [-0.15, -0.1) is 0 Å². The number of fused-ring (bicyclic) bond motifs is 1. The lowest BCUT2D eigenvalue weighted by Crippen LogP contribution is -2.19. The van der Waals surface area contributed by atoms with Crippen molar-refractivity contribution in [1.82, 2.24) is 0 Å². The molecule has 0 fully saturated rings. The van der Waals surface area contributed by atoms with Gasteiger partial charge < -0.3 is 18.9 Å². The SMILES string of the molecule is CCOC(=O)C1=COc2cc(C(C)(C)C)c(OC(C)=O)cc2O1. The Balaban J connectivity index is 2.40.